The summed E-state index contributed by atoms with van der Waals surface area (Å²) in [5.74, 6) is 0.960. The average Bonchev–Trinajstić information content (AvgIpc) is 3.17. The number of amides is 1. The van der Waals surface area contributed by atoms with Crippen LogP contribution in [0.3, 0.4) is 0 Å². The Labute approximate surface area is 167 Å². The number of nitrogens with zero attached hydrogens (tertiary/aromatic N) is 2. The molecule has 3 aliphatic rings. The van der Waals surface area contributed by atoms with Gasteiger partial charge in [0.25, 0.3) is 0 Å². The molecule has 0 bridgehead atoms. The lowest BCUT2D eigenvalue weighted by atomic mass is 9.85. The van der Waals surface area contributed by atoms with Crippen molar-refractivity contribution in [2.45, 2.75) is 55.9 Å². The summed E-state index contributed by atoms with van der Waals surface area (Å²) in [7, 11) is -3.46. The van der Waals surface area contributed by atoms with Gasteiger partial charge in [-0.15, -0.1) is 0 Å². The first kappa shape index (κ1) is 19.9. The van der Waals surface area contributed by atoms with Crippen molar-refractivity contribution in [3.8, 4) is 0 Å². The fourth-order valence-corrected chi connectivity index (χ4v) is 6.28. The number of rotatable bonds is 5. The molecular formula is C21H30N2O4S. The molecule has 28 heavy (non-hydrogen) atoms. The summed E-state index contributed by atoms with van der Waals surface area (Å²) in [6, 6.07) is 7.47. The van der Waals surface area contributed by atoms with Gasteiger partial charge in [0.15, 0.2) is 0 Å². The smallest absolute Gasteiger partial charge is 0.243 e. The van der Waals surface area contributed by atoms with E-state index in [9.17, 15) is 13.2 Å². The predicted molar refractivity (Wildman–Crippen MR) is 106 cm³/mol. The van der Waals surface area contributed by atoms with Gasteiger partial charge in [-0.3, -0.25) is 4.79 Å². The SMILES string of the molecule is O=C(CCc1ccc(S(=O)(=O)N2CCOCC2)cc1)N1CCC2CCCCC21. The molecule has 7 heteroatoms. The maximum atomic E-state index is 12.7. The molecule has 2 unspecified atom stereocenters. The highest BCUT2D eigenvalue weighted by Gasteiger charge is 2.37. The van der Waals surface area contributed by atoms with Gasteiger partial charge in [0.2, 0.25) is 15.9 Å². The lowest BCUT2D eigenvalue weighted by Gasteiger charge is -2.31. The van der Waals surface area contributed by atoms with Crippen molar-refractivity contribution in [3.05, 3.63) is 29.8 Å². The average molecular weight is 407 g/mol. The third kappa shape index (κ3) is 4.11. The molecule has 1 aliphatic carbocycles. The van der Waals surface area contributed by atoms with Gasteiger partial charge < -0.3 is 9.64 Å². The summed E-state index contributed by atoms with van der Waals surface area (Å²) < 4.78 is 32.1. The van der Waals surface area contributed by atoms with Crippen LogP contribution in [0.1, 0.15) is 44.1 Å². The zero-order valence-corrected chi connectivity index (χ0v) is 17.2. The molecule has 154 valence electrons. The van der Waals surface area contributed by atoms with Crippen molar-refractivity contribution < 1.29 is 17.9 Å². The van der Waals surface area contributed by atoms with Crippen molar-refractivity contribution in [1.82, 2.24) is 9.21 Å². The van der Waals surface area contributed by atoms with Crippen LogP contribution in [-0.4, -0.2) is 62.4 Å². The number of benzene rings is 1. The van der Waals surface area contributed by atoms with Crippen LogP contribution in [0, 0.1) is 5.92 Å². The van der Waals surface area contributed by atoms with Gasteiger partial charge in [-0.2, -0.15) is 4.31 Å². The van der Waals surface area contributed by atoms with Crippen molar-refractivity contribution >= 4 is 15.9 Å². The number of carbonyl (C=O) groups is 1. The first-order valence-electron chi connectivity index (χ1n) is 10.5. The highest BCUT2D eigenvalue weighted by molar-refractivity contribution is 7.89. The van der Waals surface area contributed by atoms with Gasteiger partial charge in [0.05, 0.1) is 18.1 Å². The second kappa shape index (κ2) is 8.51. The van der Waals surface area contributed by atoms with Crippen LogP contribution in [0.2, 0.25) is 0 Å². The van der Waals surface area contributed by atoms with Crippen LogP contribution in [0.4, 0.5) is 0 Å². The Bertz CT molecular complexity index is 787. The van der Waals surface area contributed by atoms with E-state index >= 15 is 0 Å². The summed E-state index contributed by atoms with van der Waals surface area (Å²) in [5, 5.41) is 0. The lowest BCUT2D eigenvalue weighted by molar-refractivity contribution is -0.132. The first-order chi connectivity index (χ1) is 13.6. The number of ether oxygens (including phenoxy) is 1. The molecule has 2 saturated heterocycles. The van der Waals surface area contributed by atoms with Crippen molar-refractivity contribution in [2.75, 3.05) is 32.8 Å². The Hall–Kier alpha value is -1.44. The van der Waals surface area contributed by atoms with Gasteiger partial charge in [-0.05, 0) is 49.3 Å². The quantitative estimate of drug-likeness (QED) is 0.753. The second-order valence-corrected chi connectivity index (χ2v) is 10.1. The summed E-state index contributed by atoms with van der Waals surface area (Å²) in [6.07, 6.45) is 7.29. The predicted octanol–water partition coefficient (Wildman–Crippen LogP) is 2.43. The minimum atomic E-state index is -3.46. The van der Waals surface area contributed by atoms with Gasteiger partial charge >= 0.3 is 0 Å². The molecule has 0 radical (unpaired) electrons. The Morgan fingerprint density at radius 3 is 2.46 bits per heavy atom. The van der Waals surface area contributed by atoms with E-state index in [1.165, 1.54) is 23.6 Å². The topological polar surface area (TPSA) is 66.9 Å². The fraction of sp³-hybridized carbons (Fsp3) is 0.667. The number of carbonyl (C=O) groups excluding carboxylic acids is 1. The van der Waals surface area contributed by atoms with E-state index in [1.807, 2.05) is 12.1 Å². The third-order valence-electron chi connectivity index (χ3n) is 6.49. The number of sulfonamides is 1. The maximum Gasteiger partial charge on any atom is 0.243 e. The molecule has 0 N–H and O–H groups in total. The zero-order chi connectivity index (χ0) is 19.6. The Morgan fingerprint density at radius 2 is 1.71 bits per heavy atom. The molecule has 1 aromatic carbocycles. The van der Waals surface area contributed by atoms with Crippen LogP contribution in [0.25, 0.3) is 0 Å². The van der Waals surface area contributed by atoms with Crippen molar-refractivity contribution in [3.63, 3.8) is 0 Å². The largest absolute Gasteiger partial charge is 0.379 e. The van der Waals surface area contributed by atoms with E-state index in [4.69, 9.17) is 4.74 Å². The number of aryl methyl sites for hydroxylation is 1. The fourth-order valence-electron chi connectivity index (χ4n) is 4.87. The molecule has 3 fully saturated rings. The third-order valence-corrected chi connectivity index (χ3v) is 8.40. The zero-order valence-electron chi connectivity index (χ0n) is 16.4. The second-order valence-electron chi connectivity index (χ2n) is 8.15. The van der Waals surface area contributed by atoms with Gasteiger partial charge in [-0.25, -0.2) is 8.42 Å². The Morgan fingerprint density at radius 1 is 1.00 bits per heavy atom. The molecule has 1 saturated carbocycles. The van der Waals surface area contributed by atoms with E-state index in [0.717, 1.165) is 24.9 Å². The van der Waals surface area contributed by atoms with Gasteiger partial charge in [0, 0.05) is 32.1 Å². The number of likely N-dealkylation sites (tertiary alicyclic amines) is 1. The molecule has 4 rings (SSSR count). The molecule has 2 heterocycles. The highest BCUT2D eigenvalue weighted by atomic mass is 32.2. The molecule has 2 aliphatic heterocycles. The Kier molecular flexibility index (Phi) is 6.04. The van der Waals surface area contributed by atoms with Gasteiger partial charge in [-0.1, -0.05) is 25.0 Å². The summed E-state index contributed by atoms with van der Waals surface area (Å²) in [6.45, 7) is 2.59. The number of morpholine rings is 1. The molecule has 6 nitrogen and oxygen atoms in total. The first-order valence-corrected chi connectivity index (χ1v) is 12.0. The van der Waals surface area contributed by atoms with Crippen molar-refractivity contribution in [1.29, 1.82) is 0 Å². The maximum absolute atomic E-state index is 12.7. The monoisotopic (exact) mass is 406 g/mol. The van der Waals surface area contributed by atoms with Crippen LogP contribution in [0.15, 0.2) is 29.2 Å². The molecule has 1 amide bonds. The van der Waals surface area contributed by atoms with E-state index in [2.05, 4.69) is 4.90 Å². The number of fused-ring (bicyclic) bond motifs is 1. The van der Waals surface area contributed by atoms with Crippen LogP contribution in [-0.2, 0) is 26.0 Å². The Balaban J connectivity index is 1.34. The molecule has 0 aromatic heterocycles. The van der Waals surface area contributed by atoms with Gasteiger partial charge in [0.1, 0.15) is 0 Å². The highest BCUT2D eigenvalue weighted by Crippen LogP contribution is 2.36. The molecule has 1 aromatic rings. The normalized spacial score (nSPS) is 26.2. The van der Waals surface area contributed by atoms with E-state index in [1.54, 1.807) is 12.1 Å². The number of hydrogen-bond donors (Lipinski definition) is 0. The van der Waals surface area contributed by atoms with E-state index in [0.29, 0.717) is 56.0 Å². The van der Waals surface area contributed by atoms with E-state index < -0.39 is 10.0 Å². The molecule has 2 atom stereocenters. The van der Waals surface area contributed by atoms with Crippen LogP contribution < -0.4 is 0 Å². The van der Waals surface area contributed by atoms with Crippen molar-refractivity contribution in [2.24, 2.45) is 5.92 Å². The van der Waals surface area contributed by atoms with Crippen LogP contribution >= 0.6 is 0 Å². The lowest BCUT2D eigenvalue weighted by Crippen LogP contribution is -2.40. The summed E-state index contributed by atoms with van der Waals surface area (Å²) in [4.78, 5) is 15.1. The molecular weight excluding hydrogens is 376 g/mol. The minimum Gasteiger partial charge on any atom is -0.379 e. The summed E-state index contributed by atoms with van der Waals surface area (Å²) >= 11 is 0. The molecule has 0 spiro atoms. The number of hydrogen-bond acceptors (Lipinski definition) is 4. The standard InChI is InChI=1S/C21H30N2O4S/c24-21(23-12-11-18-3-1-2-4-20(18)23)10-7-17-5-8-19(9-6-17)28(25,26)22-13-15-27-16-14-22/h5-6,8-9,18,20H,1-4,7,10-16H2. The van der Waals surface area contributed by atoms with E-state index in [-0.39, 0.29) is 5.91 Å². The summed E-state index contributed by atoms with van der Waals surface area (Å²) in [5.41, 5.74) is 1.01. The minimum absolute atomic E-state index is 0.249. The van der Waals surface area contributed by atoms with Crippen LogP contribution in [0.5, 0.6) is 0 Å².